The van der Waals surface area contributed by atoms with Crippen LogP contribution in [0.4, 0.5) is 0 Å². The second-order valence-corrected chi connectivity index (χ2v) is 5.70. The van der Waals surface area contributed by atoms with Gasteiger partial charge in [-0.15, -0.1) is 6.58 Å². The molecule has 106 valence electrons. The summed E-state index contributed by atoms with van der Waals surface area (Å²) in [5.41, 5.74) is 2.01. The van der Waals surface area contributed by atoms with Gasteiger partial charge in [0, 0.05) is 33.5 Å². The van der Waals surface area contributed by atoms with Gasteiger partial charge in [0.15, 0.2) is 0 Å². The molecule has 0 spiro atoms. The van der Waals surface area contributed by atoms with Crippen LogP contribution in [-0.4, -0.2) is 23.3 Å². The van der Waals surface area contributed by atoms with Crippen LogP contribution in [0, 0.1) is 0 Å². The zero-order valence-electron chi connectivity index (χ0n) is 11.6. The first kappa shape index (κ1) is 13.8. The molecule has 3 nitrogen and oxygen atoms in total. The summed E-state index contributed by atoms with van der Waals surface area (Å²) in [6, 6.07) is 8.75. The van der Waals surface area contributed by atoms with Crippen LogP contribution in [0.15, 0.2) is 42.5 Å². The van der Waals surface area contributed by atoms with E-state index in [-0.39, 0.29) is 11.8 Å². The Morgan fingerprint density at radius 1 is 1.14 bits per heavy atom. The van der Waals surface area contributed by atoms with Gasteiger partial charge in [-0.2, -0.15) is 0 Å². The lowest BCUT2D eigenvalue weighted by atomic mass is 9.94. The molecule has 2 aromatic carbocycles. The zero-order valence-corrected chi connectivity index (χ0v) is 12.4. The van der Waals surface area contributed by atoms with Gasteiger partial charge in [0.05, 0.1) is 0 Å². The van der Waals surface area contributed by atoms with Gasteiger partial charge in [-0.3, -0.25) is 14.5 Å². The van der Waals surface area contributed by atoms with Crippen LogP contribution in [0.25, 0.3) is 10.8 Å². The fraction of sp³-hybridized carbons (Fsp3) is 0.176. The molecule has 21 heavy (non-hydrogen) atoms. The van der Waals surface area contributed by atoms with E-state index in [2.05, 4.69) is 6.58 Å². The first-order valence-electron chi connectivity index (χ1n) is 6.72. The Balaban J connectivity index is 2.17. The van der Waals surface area contributed by atoms with Crippen molar-refractivity contribution in [1.29, 1.82) is 0 Å². The molecule has 3 rings (SSSR count). The van der Waals surface area contributed by atoms with Gasteiger partial charge in [0.2, 0.25) is 0 Å². The molecule has 0 aliphatic carbocycles. The molecule has 0 fully saturated rings. The topological polar surface area (TPSA) is 37.4 Å². The fourth-order valence-electron chi connectivity index (χ4n) is 2.62. The number of hydrogen-bond donors (Lipinski definition) is 0. The molecular formula is C17H14ClNO2. The van der Waals surface area contributed by atoms with Gasteiger partial charge in [-0.25, -0.2) is 0 Å². The molecule has 2 amide bonds. The molecule has 0 bridgehead atoms. The highest BCUT2D eigenvalue weighted by molar-refractivity contribution is 6.38. The van der Waals surface area contributed by atoms with E-state index in [1.54, 1.807) is 24.3 Å². The quantitative estimate of drug-likeness (QED) is 0.633. The first-order chi connectivity index (χ1) is 10.0. The van der Waals surface area contributed by atoms with Crippen LogP contribution in [0.2, 0.25) is 5.02 Å². The fourth-order valence-corrected chi connectivity index (χ4v) is 2.84. The Morgan fingerprint density at radius 3 is 2.48 bits per heavy atom. The number of amides is 2. The summed E-state index contributed by atoms with van der Waals surface area (Å²) in [5.74, 6) is -0.525. The highest BCUT2D eigenvalue weighted by Gasteiger charge is 2.32. The molecule has 0 unspecified atom stereocenters. The van der Waals surface area contributed by atoms with Crippen LogP contribution in [0.1, 0.15) is 34.1 Å². The van der Waals surface area contributed by atoms with Crippen LogP contribution < -0.4 is 0 Å². The third-order valence-corrected chi connectivity index (χ3v) is 4.03. The van der Waals surface area contributed by atoms with Crippen molar-refractivity contribution in [1.82, 2.24) is 4.90 Å². The summed E-state index contributed by atoms with van der Waals surface area (Å²) < 4.78 is 0. The molecular weight excluding hydrogens is 286 g/mol. The van der Waals surface area contributed by atoms with E-state index < -0.39 is 0 Å². The minimum absolute atomic E-state index is 0.262. The maximum atomic E-state index is 12.6. The number of imide groups is 1. The maximum absolute atomic E-state index is 12.6. The third-order valence-electron chi connectivity index (χ3n) is 3.70. The van der Waals surface area contributed by atoms with E-state index in [0.717, 1.165) is 11.0 Å². The number of nitrogens with zero attached hydrogens (tertiary/aromatic N) is 1. The minimum atomic E-state index is -0.262. The van der Waals surface area contributed by atoms with E-state index in [9.17, 15) is 9.59 Å². The summed E-state index contributed by atoms with van der Waals surface area (Å²) in [6.07, 6.45) is 0.608. The van der Waals surface area contributed by atoms with E-state index in [4.69, 9.17) is 11.6 Å². The largest absolute Gasteiger partial charge is 0.274 e. The van der Waals surface area contributed by atoms with Crippen LogP contribution in [0.3, 0.4) is 0 Å². The third kappa shape index (κ3) is 2.14. The first-order valence-corrected chi connectivity index (χ1v) is 7.10. The number of benzene rings is 2. The number of carbonyl (C=O) groups is 2. The van der Waals surface area contributed by atoms with Crippen molar-refractivity contribution in [2.75, 3.05) is 6.54 Å². The predicted molar refractivity (Wildman–Crippen MR) is 83.8 cm³/mol. The lowest BCUT2D eigenvalue weighted by Gasteiger charge is -2.27. The average molecular weight is 300 g/mol. The number of rotatable bonds is 3. The second-order valence-electron chi connectivity index (χ2n) is 5.29. The van der Waals surface area contributed by atoms with Gasteiger partial charge in [0.25, 0.3) is 11.8 Å². The molecule has 1 aliphatic rings. The molecule has 4 heteroatoms. The maximum Gasteiger partial charge on any atom is 0.261 e. The number of hydrogen-bond acceptors (Lipinski definition) is 2. The minimum Gasteiger partial charge on any atom is -0.274 e. The van der Waals surface area contributed by atoms with Gasteiger partial charge < -0.3 is 0 Å². The molecule has 1 aliphatic heterocycles. The lowest BCUT2D eigenvalue weighted by molar-refractivity contribution is 0.0612. The summed E-state index contributed by atoms with van der Waals surface area (Å²) in [4.78, 5) is 26.4. The van der Waals surface area contributed by atoms with Crippen molar-refractivity contribution >= 4 is 34.2 Å². The Hall–Kier alpha value is -2.13. The van der Waals surface area contributed by atoms with Gasteiger partial charge in [0.1, 0.15) is 0 Å². The Labute approximate surface area is 127 Å². The van der Waals surface area contributed by atoms with E-state index >= 15 is 0 Å². The van der Waals surface area contributed by atoms with Gasteiger partial charge >= 0.3 is 0 Å². The van der Waals surface area contributed by atoms with Crippen molar-refractivity contribution in [3.63, 3.8) is 0 Å². The van der Waals surface area contributed by atoms with Crippen LogP contribution in [0.5, 0.6) is 0 Å². The molecule has 0 saturated heterocycles. The predicted octanol–water partition coefficient (Wildman–Crippen LogP) is 4.06. The molecule has 0 radical (unpaired) electrons. The standard InChI is InChI=1S/C17H14ClNO2/c1-10(2)8-9-19-16(20)12-5-3-4-11-14(18)7-6-13(15(11)12)17(19)21/h3-7H,1,8-9H2,2H3. The van der Waals surface area contributed by atoms with Crippen molar-refractivity contribution in [2.45, 2.75) is 13.3 Å². The molecule has 0 saturated carbocycles. The van der Waals surface area contributed by atoms with Crippen LogP contribution in [-0.2, 0) is 0 Å². The average Bonchev–Trinajstić information content (AvgIpc) is 2.45. The highest BCUT2D eigenvalue weighted by Crippen LogP contribution is 2.34. The molecule has 0 atom stereocenters. The van der Waals surface area contributed by atoms with Gasteiger partial charge in [-0.05, 0) is 31.5 Å². The summed E-state index contributed by atoms with van der Waals surface area (Å²) >= 11 is 6.17. The highest BCUT2D eigenvalue weighted by atomic mass is 35.5. The number of carbonyl (C=O) groups excluding carboxylic acids is 2. The summed E-state index contributed by atoms with van der Waals surface area (Å²) in [7, 11) is 0. The monoisotopic (exact) mass is 299 g/mol. The van der Waals surface area contributed by atoms with E-state index in [1.165, 1.54) is 4.90 Å². The van der Waals surface area contributed by atoms with E-state index in [0.29, 0.717) is 34.5 Å². The molecule has 0 aromatic heterocycles. The van der Waals surface area contributed by atoms with Crippen molar-refractivity contribution in [2.24, 2.45) is 0 Å². The van der Waals surface area contributed by atoms with Crippen LogP contribution >= 0.6 is 11.6 Å². The Kier molecular flexibility index (Phi) is 3.30. The van der Waals surface area contributed by atoms with Crippen molar-refractivity contribution < 1.29 is 9.59 Å². The Bertz CT molecular complexity index is 772. The van der Waals surface area contributed by atoms with E-state index in [1.807, 2.05) is 13.0 Å². The summed E-state index contributed by atoms with van der Waals surface area (Å²) in [6.45, 7) is 6.05. The lowest BCUT2D eigenvalue weighted by Crippen LogP contribution is -2.40. The second kappa shape index (κ2) is 5.01. The molecule has 2 aromatic rings. The normalized spacial score (nSPS) is 13.9. The summed E-state index contributed by atoms with van der Waals surface area (Å²) in [5, 5.41) is 1.95. The van der Waals surface area contributed by atoms with Gasteiger partial charge in [-0.1, -0.05) is 29.3 Å². The zero-order chi connectivity index (χ0) is 15.1. The molecule has 0 N–H and O–H groups in total. The Morgan fingerprint density at radius 2 is 1.81 bits per heavy atom. The van der Waals surface area contributed by atoms with Crippen molar-refractivity contribution in [3.8, 4) is 0 Å². The SMILES string of the molecule is C=C(C)CCN1C(=O)c2cccc3c(Cl)ccc(c23)C1=O. The molecule has 1 heterocycles. The number of halogens is 1. The van der Waals surface area contributed by atoms with Crippen molar-refractivity contribution in [3.05, 3.63) is 58.6 Å². The smallest absolute Gasteiger partial charge is 0.261 e.